The summed E-state index contributed by atoms with van der Waals surface area (Å²) in [6.07, 6.45) is 15.3. The fourth-order valence-electron chi connectivity index (χ4n) is 4.56. The smallest absolute Gasteiger partial charge is 0.108 e. The van der Waals surface area contributed by atoms with Crippen LogP contribution in [0.1, 0.15) is 101 Å². The molecule has 0 amide bonds. The fourth-order valence-corrected chi connectivity index (χ4v) is 5.78. The molecule has 3 atom stereocenters. The van der Waals surface area contributed by atoms with Crippen molar-refractivity contribution in [1.82, 2.24) is 15.0 Å². The highest BCUT2D eigenvalue weighted by Crippen LogP contribution is 2.34. The Hall–Kier alpha value is -2.36. The van der Waals surface area contributed by atoms with Crippen LogP contribution in [0, 0.1) is 26.7 Å². The molecular weight excluding hydrogens is 556 g/mol. The Morgan fingerprint density at radius 1 is 1.14 bits per heavy atom. The number of aryl methyl sites for hydroxylation is 3. The Morgan fingerprint density at radius 2 is 1.81 bits per heavy atom. The molecule has 1 aliphatic heterocycles. The molecular formula is C36H51FN3PS. The topological polar surface area (TPSA) is 38.7 Å². The van der Waals surface area contributed by atoms with Crippen molar-refractivity contribution < 1.29 is 4.39 Å². The molecule has 1 aliphatic carbocycles. The Morgan fingerprint density at radius 3 is 2.38 bits per heavy atom. The summed E-state index contributed by atoms with van der Waals surface area (Å²) in [6.45, 7) is 22.5. The number of alkyl halides is 1. The molecule has 2 aliphatic rings. The lowest BCUT2D eigenvalue weighted by Gasteiger charge is -2.15. The Kier molecular flexibility index (Phi) is 15.1. The standard InChI is InChI=1S/C26H33N3S.C8H12FP.C2H6/c1-7-8-16(2)24(17(3)26-20(6)28-18(4)19(5)29-26)12-11-22-14-23(13-21-9-10-21)27-15-25(22)30;1-6-3-4-8(7(2)9)10-5-6;1-2/h11-12,14-15,21,30H,3,7-10,13H2,1-2,4-6H3;3-5,7-8,10H,1-2H3;1-2H3/b12-11+,24-16+;;. The van der Waals surface area contributed by atoms with Crippen molar-refractivity contribution in [2.24, 2.45) is 5.92 Å². The predicted molar refractivity (Wildman–Crippen MR) is 187 cm³/mol. The summed E-state index contributed by atoms with van der Waals surface area (Å²) in [4.78, 5) is 14.9. The molecule has 2 aromatic heterocycles. The van der Waals surface area contributed by atoms with Gasteiger partial charge in [-0.15, -0.1) is 12.6 Å². The molecule has 6 heteroatoms. The van der Waals surface area contributed by atoms with Crippen LogP contribution in [0.5, 0.6) is 0 Å². The zero-order valence-electron chi connectivity index (χ0n) is 27.2. The van der Waals surface area contributed by atoms with E-state index in [4.69, 9.17) is 4.98 Å². The second kappa shape index (κ2) is 17.7. The van der Waals surface area contributed by atoms with Crippen LogP contribution >= 0.6 is 21.2 Å². The van der Waals surface area contributed by atoms with Gasteiger partial charge in [0.2, 0.25) is 0 Å². The van der Waals surface area contributed by atoms with E-state index < -0.39 is 6.17 Å². The number of thiol groups is 1. The van der Waals surface area contributed by atoms with E-state index in [2.05, 4.69) is 67.1 Å². The normalized spacial score (nSPS) is 18.0. The molecule has 228 valence electrons. The van der Waals surface area contributed by atoms with Gasteiger partial charge in [-0.1, -0.05) is 83.6 Å². The van der Waals surface area contributed by atoms with Gasteiger partial charge in [0.15, 0.2) is 0 Å². The average molecular weight is 608 g/mol. The van der Waals surface area contributed by atoms with Crippen LogP contribution in [0.4, 0.5) is 4.39 Å². The summed E-state index contributed by atoms with van der Waals surface area (Å²) in [7, 11) is 0.630. The highest BCUT2D eigenvalue weighted by Gasteiger charge is 2.22. The monoisotopic (exact) mass is 607 g/mol. The van der Waals surface area contributed by atoms with Crippen molar-refractivity contribution in [1.29, 1.82) is 0 Å². The van der Waals surface area contributed by atoms with Crippen LogP contribution in [0.25, 0.3) is 11.6 Å². The minimum absolute atomic E-state index is 0.142. The number of hydrogen-bond acceptors (Lipinski definition) is 4. The van der Waals surface area contributed by atoms with E-state index in [9.17, 15) is 4.39 Å². The van der Waals surface area contributed by atoms with Crippen molar-refractivity contribution in [3.63, 3.8) is 0 Å². The van der Waals surface area contributed by atoms with E-state index in [1.807, 2.05) is 59.9 Å². The van der Waals surface area contributed by atoms with Crippen molar-refractivity contribution >= 4 is 32.9 Å². The maximum absolute atomic E-state index is 12.6. The number of nitrogens with zero attached hydrogens (tertiary/aromatic N) is 3. The molecule has 3 heterocycles. The first-order valence-corrected chi connectivity index (χ1v) is 16.9. The third-order valence-corrected chi connectivity index (χ3v) is 9.37. The lowest BCUT2D eigenvalue weighted by Crippen LogP contribution is -2.10. The predicted octanol–water partition coefficient (Wildman–Crippen LogP) is 10.8. The van der Waals surface area contributed by atoms with Gasteiger partial charge in [-0.3, -0.25) is 9.97 Å². The molecule has 1 saturated carbocycles. The van der Waals surface area contributed by atoms with Crippen LogP contribution < -0.4 is 0 Å². The summed E-state index contributed by atoms with van der Waals surface area (Å²) in [6, 6.07) is 2.17. The second-order valence-corrected chi connectivity index (χ2v) is 12.9. The first-order chi connectivity index (χ1) is 20.0. The minimum Gasteiger partial charge on any atom is -0.260 e. The van der Waals surface area contributed by atoms with Gasteiger partial charge in [-0.05, 0) is 90.3 Å². The highest BCUT2D eigenvalue weighted by molar-refractivity contribution is 7.80. The van der Waals surface area contributed by atoms with Crippen LogP contribution in [-0.4, -0.2) is 26.8 Å². The number of pyridine rings is 1. The van der Waals surface area contributed by atoms with Gasteiger partial charge < -0.3 is 0 Å². The second-order valence-electron chi connectivity index (χ2n) is 11.1. The van der Waals surface area contributed by atoms with E-state index >= 15 is 0 Å². The van der Waals surface area contributed by atoms with Gasteiger partial charge in [-0.25, -0.2) is 9.37 Å². The highest BCUT2D eigenvalue weighted by atomic mass is 32.1. The molecule has 2 aromatic rings. The molecule has 0 saturated heterocycles. The van der Waals surface area contributed by atoms with Gasteiger partial charge in [0.25, 0.3) is 0 Å². The Bertz CT molecular complexity index is 1340. The number of halogens is 1. The Labute approximate surface area is 262 Å². The van der Waals surface area contributed by atoms with Crippen molar-refractivity contribution in [3.8, 4) is 0 Å². The van der Waals surface area contributed by atoms with E-state index in [1.54, 1.807) is 6.92 Å². The number of aromatic nitrogens is 3. The quantitative estimate of drug-likeness (QED) is 0.175. The van der Waals surface area contributed by atoms with Gasteiger partial charge in [0.05, 0.1) is 22.8 Å². The molecule has 0 N–H and O–H groups in total. The van der Waals surface area contributed by atoms with Gasteiger partial charge in [-0.2, -0.15) is 0 Å². The molecule has 3 nitrogen and oxygen atoms in total. The van der Waals surface area contributed by atoms with Crippen LogP contribution in [-0.2, 0) is 6.42 Å². The molecule has 3 unspecified atom stereocenters. The summed E-state index contributed by atoms with van der Waals surface area (Å²) < 4.78 is 12.6. The lowest BCUT2D eigenvalue weighted by atomic mass is 9.94. The van der Waals surface area contributed by atoms with Gasteiger partial charge in [0, 0.05) is 28.0 Å². The number of hydrogen-bond donors (Lipinski definition) is 1. The van der Waals surface area contributed by atoms with Crippen molar-refractivity contribution in [2.45, 2.75) is 111 Å². The van der Waals surface area contributed by atoms with Gasteiger partial charge >= 0.3 is 0 Å². The molecule has 1 fully saturated rings. The first kappa shape index (κ1) is 35.8. The molecule has 0 bridgehead atoms. The van der Waals surface area contributed by atoms with E-state index in [-0.39, 0.29) is 5.66 Å². The number of allylic oxidation sites excluding steroid dienone is 7. The molecule has 0 aromatic carbocycles. The average Bonchev–Trinajstić information content (AvgIpc) is 3.78. The zero-order valence-corrected chi connectivity index (χ0v) is 29.1. The van der Waals surface area contributed by atoms with Crippen molar-refractivity contribution in [2.75, 3.05) is 0 Å². The zero-order chi connectivity index (χ0) is 31.4. The summed E-state index contributed by atoms with van der Waals surface area (Å²) in [5.41, 5.74) is 10.7. The number of rotatable bonds is 9. The summed E-state index contributed by atoms with van der Waals surface area (Å²) in [5.74, 6) is 2.93. The molecule has 4 rings (SSSR count). The van der Waals surface area contributed by atoms with Crippen LogP contribution in [0.3, 0.4) is 0 Å². The van der Waals surface area contributed by atoms with E-state index in [0.29, 0.717) is 8.58 Å². The van der Waals surface area contributed by atoms with Crippen LogP contribution in [0.2, 0.25) is 0 Å². The molecule has 0 radical (unpaired) electrons. The van der Waals surface area contributed by atoms with Gasteiger partial charge in [0.1, 0.15) is 6.17 Å². The minimum atomic E-state index is -0.695. The van der Waals surface area contributed by atoms with E-state index in [1.165, 1.54) is 24.0 Å². The third-order valence-electron chi connectivity index (χ3n) is 7.34. The fraction of sp³-hybridized carbons (Fsp3) is 0.472. The van der Waals surface area contributed by atoms with Crippen LogP contribution in [0.15, 0.2) is 64.5 Å². The third kappa shape index (κ3) is 11.0. The SMILES string of the molecule is C=C(C(/C=C/c1cc(CC2CC2)ncc1S)=C(\C)CCC)c1nc(C)c(C)nc1C.CC.CC1=CPC(C(C)F)C=C1. The molecule has 42 heavy (non-hydrogen) atoms. The van der Waals surface area contributed by atoms with E-state index in [0.717, 1.165) is 75.3 Å². The lowest BCUT2D eigenvalue weighted by molar-refractivity contribution is 0.371. The largest absolute Gasteiger partial charge is 0.260 e. The first-order valence-electron chi connectivity index (χ1n) is 15.3. The maximum atomic E-state index is 12.6. The van der Waals surface area contributed by atoms with Crippen molar-refractivity contribution in [3.05, 3.63) is 93.6 Å². The summed E-state index contributed by atoms with van der Waals surface area (Å²) in [5, 5.41) is 0. The summed E-state index contributed by atoms with van der Waals surface area (Å²) >= 11 is 4.64. The Balaban J connectivity index is 0.000000431. The maximum Gasteiger partial charge on any atom is 0.108 e. The molecule has 0 spiro atoms.